The predicted molar refractivity (Wildman–Crippen MR) is 154 cm³/mol. The summed E-state index contributed by atoms with van der Waals surface area (Å²) < 4.78 is 95.7. The summed E-state index contributed by atoms with van der Waals surface area (Å²) in [5.41, 5.74) is -0.439. The highest BCUT2D eigenvalue weighted by Crippen LogP contribution is 2.42. The van der Waals surface area contributed by atoms with Gasteiger partial charge in [0, 0.05) is 18.2 Å². The van der Waals surface area contributed by atoms with Crippen molar-refractivity contribution in [3.63, 3.8) is 0 Å². The number of pyridine rings is 1. The minimum atomic E-state index is -4.93. The fourth-order valence-electron chi connectivity index (χ4n) is 4.62. The topological polar surface area (TPSA) is 126 Å². The van der Waals surface area contributed by atoms with Crippen LogP contribution in [0.1, 0.15) is 42.9 Å². The Morgan fingerprint density at radius 2 is 2.00 bits per heavy atom. The van der Waals surface area contributed by atoms with E-state index in [0.717, 1.165) is 4.31 Å². The first kappa shape index (κ1) is 33.0. The van der Waals surface area contributed by atoms with E-state index < -0.39 is 63.6 Å². The van der Waals surface area contributed by atoms with Crippen LogP contribution in [-0.2, 0) is 21.0 Å². The summed E-state index contributed by atoms with van der Waals surface area (Å²) in [5.74, 6) is -2.22. The minimum absolute atomic E-state index is 0.0359. The van der Waals surface area contributed by atoms with Crippen molar-refractivity contribution in [3.05, 3.63) is 76.2 Å². The zero-order valence-electron chi connectivity index (χ0n) is 23.1. The number of fused-ring (bicyclic) bond motifs is 1. The standard InChI is InChI=1S/C29H27ClF4N2O7S/c1-17(27-21(30)5-3-6-22(27)31)12-18-8-9-24-23(13-18)36(16-20(43-24)4-2-7-26(38)39)44(40,41)25-14-19(29(32,33)34)15-35-28(25)42-11-10-37/h3,5-6,8-9,12-15,20,37H,2,4,7,10-11,16H2,1H3,(H,38,39). The van der Waals surface area contributed by atoms with E-state index in [4.69, 9.17) is 26.2 Å². The number of ether oxygens (including phenoxy) is 2. The van der Waals surface area contributed by atoms with Crippen LogP contribution in [0.4, 0.5) is 23.2 Å². The molecule has 1 aromatic heterocycles. The molecule has 0 radical (unpaired) electrons. The molecule has 0 aliphatic carbocycles. The maximum atomic E-state index is 14.5. The van der Waals surface area contributed by atoms with Gasteiger partial charge in [0.05, 0.1) is 29.4 Å². The van der Waals surface area contributed by atoms with Crippen LogP contribution >= 0.6 is 11.6 Å². The zero-order valence-corrected chi connectivity index (χ0v) is 24.7. The highest BCUT2D eigenvalue weighted by Gasteiger charge is 2.39. The van der Waals surface area contributed by atoms with Gasteiger partial charge in [0.1, 0.15) is 24.3 Å². The number of rotatable bonds is 11. The largest absolute Gasteiger partial charge is 0.486 e. The molecule has 236 valence electrons. The van der Waals surface area contributed by atoms with Gasteiger partial charge >= 0.3 is 12.1 Å². The van der Waals surface area contributed by atoms with E-state index in [9.17, 15) is 35.9 Å². The van der Waals surface area contributed by atoms with E-state index >= 15 is 0 Å². The van der Waals surface area contributed by atoms with Crippen LogP contribution in [0.2, 0.25) is 5.02 Å². The van der Waals surface area contributed by atoms with Gasteiger partial charge in [-0.1, -0.05) is 29.8 Å². The van der Waals surface area contributed by atoms with E-state index in [1.807, 2.05) is 0 Å². The number of anilines is 1. The van der Waals surface area contributed by atoms with Gasteiger partial charge in [-0.3, -0.25) is 9.10 Å². The smallest absolute Gasteiger partial charge is 0.417 e. The Labute approximate surface area is 255 Å². The van der Waals surface area contributed by atoms with E-state index in [2.05, 4.69) is 4.98 Å². The molecule has 0 spiro atoms. The number of benzene rings is 2. The molecule has 1 aliphatic rings. The molecule has 0 fully saturated rings. The lowest BCUT2D eigenvalue weighted by molar-refractivity contribution is -0.138. The summed E-state index contributed by atoms with van der Waals surface area (Å²) in [7, 11) is -4.84. The number of aliphatic hydroxyl groups excluding tert-OH is 1. The van der Waals surface area contributed by atoms with Gasteiger partial charge < -0.3 is 19.7 Å². The van der Waals surface area contributed by atoms with Crippen molar-refractivity contribution in [3.8, 4) is 11.6 Å². The lowest BCUT2D eigenvalue weighted by atomic mass is 10.0. The Hall–Kier alpha value is -3.88. The summed E-state index contributed by atoms with van der Waals surface area (Å²) >= 11 is 6.19. The summed E-state index contributed by atoms with van der Waals surface area (Å²) in [5, 5.41) is 18.4. The molecule has 2 heterocycles. The van der Waals surface area contributed by atoms with Crippen LogP contribution in [-0.4, -0.2) is 55.4 Å². The molecular weight excluding hydrogens is 632 g/mol. The Morgan fingerprint density at radius 1 is 1.25 bits per heavy atom. The third-order valence-corrected chi connectivity index (χ3v) is 8.70. The number of aliphatic hydroxyl groups is 1. The fourth-order valence-corrected chi connectivity index (χ4v) is 6.54. The van der Waals surface area contributed by atoms with E-state index in [1.165, 1.54) is 30.3 Å². The van der Waals surface area contributed by atoms with Crippen LogP contribution < -0.4 is 13.8 Å². The number of carboxylic acid groups (broad SMARTS) is 1. The Kier molecular flexibility index (Phi) is 10.1. The van der Waals surface area contributed by atoms with Crippen molar-refractivity contribution in [2.45, 2.75) is 43.4 Å². The van der Waals surface area contributed by atoms with Crippen LogP contribution in [0.5, 0.6) is 11.6 Å². The average molecular weight is 659 g/mol. The number of alkyl halides is 3. The van der Waals surface area contributed by atoms with Crippen LogP contribution in [0.15, 0.2) is 53.6 Å². The molecule has 1 unspecified atom stereocenters. The first-order valence-corrected chi connectivity index (χ1v) is 15.0. The Bertz CT molecular complexity index is 1660. The predicted octanol–water partition coefficient (Wildman–Crippen LogP) is 6.04. The molecule has 2 N–H and O–H groups in total. The summed E-state index contributed by atoms with van der Waals surface area (Å²) in [6, 6.07) is 9.03. The molecule has 4 rings (SSSR count). The molecule has 9 nitrogen and oxygen atoms in total. The zero-order chi connectivity index (χ0) is 32.2. The first-order valence-electron chi connectivity index (χ1n) is 13.2. The number of allylic oxidation sites excluding steroid dienone is 1. The van der Waals surface area contributed by atoms with E-state index in [0.29, 0.717) is 23.4 Å². The van der Waals surface area contributed by atoms with Gasteiger partial charge in [0.15, 0.2) is 4.90 Å². The monoisotopic (exact) mass is 658 g/mol. The summed E-state index contributed by atoms with van der Waals surface area (Å²) in [4.78, 5) is 13.7. The molecule has 1 atom stereocenters. The second-order valence-corrected chi connectivity index (χ2v) is 12.0. The van der Waals surface area contributed by atoms with Gasteiger partial charge in [0.2, 0.25) is 5.88 Å². The molecular formula is C29H27ClF4N2O7S. The summed E-state index contributed by atoms with van der Waals surface area (Å²) in [6.07, 6.45) is -3.75. The van der Waals surface area contributed by atoms with Crippen LogP contribution in [0, 0.1) is 5.82 Å². The van der Waals surface area contributed by atoms with Gasteiger partial charge in [0.25, 0.3) is 10.0 Å². The second-order valence-electron chi connectivity index (χ2n) is 9.81. The molecule has 3 aromatic rings. The quantitative estimate of drug-likeness (QED) is 0.189. The van der Waals surface area contributed by atoms with Crippen molar-refractivity contribution in [2.24, 2.45) is 0 Å². The second kappa shape index (κ2) is 13.4. The molecule has 15 heteroatoms. The number of aromatic nitrogens is 1. The maximum Gasteiger partial charge on any atom is 0.417 e. The number of aliphatic carboxylic acids is 1. The Morgan fingerprint density at radius 3 is 2.66 bits per heavy atom. The summed E-state index contributed by atoms with van der Waals surface area (Å²) in [6.45, 7) is 0.225. The molecule has 44 heavy (non-hydrogen) atoms. The number of carbonyl (C=O) groups is 1. The van der Waals surface area contributed by atoms with Crippen molar-refractivity contribution in [1.82, 2.24) is 4.98 Å². The van der Waals surface area contributed by atoms with E-state index in [1.54, 1.807) is 19.1 Å². The van der Waals surface area contributed by atoms with Crippen molar-refractivity contribution < 1.29 is 50.5 Å². The van der Waals surface area contributed by atoms with Crippen LogP contribution in [0.3, 0.4) is 0 Å². The lowest BCUT2D eigenvalue weighted by Gasteiger charge is -2.36. The minimum Gasteiger partial charge on any atom is -0.486 e. The number of hydrogen-bond acceptors (Lipinski definition) is 7. The molecule has 0 amide bonds. The molecule has 0 bridgehead atoms. The average Bonchev–Trinajstić information content (AvgIpc) is 2.94. The normalized spacial score (nSPS) is 15.5. The van der Waals surface area contributed by atoms with Gasteiger partial charge in [-0.2, -0.15) is 13.2 Å². The molecule has 1 aliphatic heterocycles. The third-order valence-electron chi connectivity index (χ3n) is 6.62. The number of halogens is 5. The van der Waals surface area contributed by atoms with Gasteiger partial charge in [-0.25, -0.2) is 17.8 Å². The van der Waals surface area contributed by atoms with E-state index in [-0.39, 0.29) is 47.8 Å². The number of nitrogens with zero attached hydrogens (tertiary/aromatic N) is 2. The number of hydrogen-bond donors (Lipinski definition) is 2. The maximum absolute atomic E-state index is 14.5. The third kappa shape index (κ3) is 7.42. The number of carboxylic acids is 1. The van der Waals surface area contributed by atoms with Gasteiger partial charge in [-0.05, 0) is 61.2 Å². The highest BCUT2D eigenvalue weighted by atomic mass is 35.5. The molecule has 0 saturated heterocycles. The van der Waals surface area contributed by atoms with Crippen molar-refractivity contribution in [1.29, 1.82) is 0 Å². The lowest BCUT2D eigenvalue weighted by Crippen LogP contribution is -2.43. The number of sulfonamides is 1. The van der Waals surface area contributed by atoms with Crippen molar-refractivity contribution >= 4 is 44.9 Å². The molecule has 2 aromatic carbocycles. The van der Waals surface area contributed by atoms with Crippen LogP contribution in [0.25, 0.3) is 11.6 Å². The first-order chi connectivity index (χ1) is 20.7. The SMILES string of the molecule is CC(=Cc1ccc2c(c1)N(S(=O)(=O)c1cc(C(F)(F)F)cnc1OCCO)CC(CCCC(=O)O)O2)c1c(F)cccc1Cl. The highest BCUT2D eigenvalue weighted by molar-refractivity contribution is 7.93. The van der Waals surface area contributed by atoms with Gasteiger partial charge in [-0.15, -0.1) is 0 Å². The Balaban J connectivity index is 1.84. The van der Waals surface area contributed by atoms with Crippen molar-refractivity contribution in [2.75, 3.05) is 24.1 Å². The molecule has 0 saturated carbocycles. The fraction of sp³-hybridized carbons (Fsp3) is 0.310.